The third-order valence-corrected chi connectivity index (χ3v) is 14.3. The number of hydrogen-bond acceptors (Lipinski definition) is 12. The van der Waals surface area contributed by atoms with Crippen molar-refractivity contribution in [3.05, 3.63) is 10.4 Å². The fourth-order valence-electron chi connectivity index (χ4n) is 11.5. The lowest BCUT2D eigenvalue weighted by atomic mass is 9.57. The molecule has 0 aromatic carbocycles. The highest BCUT2D eigenvalue weighted by Gasteiger charge is 2.79. The Hall–Kier alpha value is -1.55. The van der Waals surface area contributed by atoms with Crippen LogP contribution in [0.15, 0.2) is 5.11 Å². The number of alkyl halides is 6. The van der Waals surface area contributed by atoms with Gasteiger partial charge in [-0.2, -0.15) is 26.3 Å². The number of hydrogen-bond donors (Lipinski definition) is 1. The minimum absolute atomic E-state index is 0.00577. The first kappa shape index (κ1) is 42.6. The molecular weight excluding hydrogens is 762 g/mol. The Labute approximate surface area is 321 Å². The molecule has 0 amide bonds. The minimum Gasteiger partial charge on any atom is -0.342 e. The third kappa shape index (κ3) is 6.30. The second kappa shape index (κ2) is 14.6. The van der Waals surface area contributed by atoms with Crippen LogP contribution in [0, 0.1) is 47.3 Å². The molecule has 20 heteroatoms. The Balaban J connectivity index is 0.000000172. The van der Waals surface area contributed by atoms with Crippen LogP contribution in [0.4, 0.5) is 26.3 Å². The van der Waals surface area contributed by atoms with Gasteiger partial charge in [0.25, 0.3) is 11.6 Å². The van der Waals surface area contributed by atoms with Crippen LogP contribution in [0.5, 0.6) is 0 Å². The summed E-state index contributed by atoms with van der Waals surface area (Å²) in [5.74, 6) is -10.6. The van der Waals surface area contributed by atoms with Gasteiger partial charge in [0.15, 0.2) is 23.8 Å². The molecule has 8 aliphatic heterocycles. The van der Waals surface area contributed by atoms with Crippen LogP contribution in [0.2, 0.25) is 0 Å². The minimum atomic E-state index is -4.82. The molecule has 10 fully saturated rings. The van der Waals surface area contributed by atoms with Crippen LogP contribution in [-0.2, 0) is 48.0 Å². The summed E-state index contributed by atoms with van der Waals surface area (Å²) in [7, 11) is 0. The summed E-state index contributed by atoms with van der Waals surface area (Å²) >= 11 is 0. The first-order chi connectivity index (χ1) is 26.2. The molecular formula is C36H54F6N4O10. The molecule has 10 rings (SSSR count). The molecule has 2 N–H and O–H groups in total. The van der Waals surface area contributed by atoms with E-state index < -0.39 is 89.6 Å². The van der Waals surface area contributed by atoms with Gasteiger partial charge in [-0.05, 0) is 81.6 Å². The summed E-state index contributed by atoms with van der Waals surface area (Å²) < 4.78 is 120. The lowest BCUT2D eigenvalue weighted by molar-refractivity contribution is -0.598. The van der Waals surface area contributed by atoms with Gasteiger partial charge < -0.3 is 34.2 Å². The fraction of sp³-hybridized carbons (Fsp3) is 1.00. The zero-order valence-electron chi connectivity index (χ0n) is 32.5. The van der Waals surface area contributed by atoms with E-state index in [0.29, 0.717) is 25.7 Å². The Bertz CT molecular complexity index is 1510. The molecule has 8 heterocycles. The van der Waals surface area contributed by atoms with Crippen molar-refractivity contribution in [2.75, 3.05) is 26.3 Å². The van der Waals surface area contributed by atoms with E-state index in [1.54, 1.807) is 13.8 Å². The van der Waals surface area contributed by atoms with Gasteiger partial charge >= 0.3 is 12.4 Å². The van der Waals surface area contributed by atoms with Crippen LogP contribution in [0.1, 0.15) is 92.9 Å². The van der Waals surface area contributed by atoms with Crippen molar-refractivity contribution >= 4 is 0 Å². The van der Waals surface area contributed by atoms with E-state index in [9.17, 15) is 26.3 Å². The van der Waals surface area contributed by atoms with E-state index in [-0.39, 0.29) is 43.4 Å². The van der Waals surface area contributed by atoms with E-state index in [1.165, 1.54) is 13.8 Å². The number of halogens is 6. The van der Waals surface area contributed by atoms with E-state index in [0.717, 1.165) is 25.7 Å². The van der Waals surface area contributed by atoms with Gasteiger partial charge in [0.05, 0.1) is 13.2 Å². The van der Waals surface area contributed by atoms with Gasteiger partial charge in [-0.3, -0.25) is 0 Å². The van der Waals surface area contributed by atoms with Crippen LogP contribution in [0.3, 0.4) is 0 Å². The maximum atomic E-state index is 14.4. The SMILES string of the molecule is C[C@@H]1CC[C@H]2[C@@H](C)[C@](OCCN)(C(F)(F)F)O[C@@H]3O[C@@]4(C)CC[C@@H]1[C@]32OO4.C[C@@H]1CC[C@H]2[C@@H](C)[C@](OCCN=[N+]=[N-])(C(F)(F)F)O[C@@H]3O[C@@]4(C)CC[C@@H]1[C@]32OO4. The molecule has 56 heavy (non-hydrogen) atoms. The molecule has 0 aromatic rings. The Morgan fingerprint density at radius 1 is 0.643 bits per heavy atom. The van der Waals surface area contributed by atoms with Crippen LogP contribution in [0.25, 0.3) is 10.4 Å². The van der Waals surface area contributed by atoms with Crippen molar-refractivity contribution in [3.63, 3.8) is 0 Å². The normalized spacial score (nSPS) is 50.7. The average molecular weight is 817 g/mol. The highest BCUT2D eigenvalue weighted by molar-refractivity contribution is 5.14. The molecule has 10 aliphatic rings. The molecule has 2 saturated carbocycles. The predicted molar refractivity (Wildman–Crippen MR) is 179 cm³/mol. The molecule has 0 aromatic heterocycles. The van der Waals surface area contributed by atoms with Gasteiger partial charge in [0.1, 0.15) is 0 Å². The number of nitrogens with zero attached hydrogens (tertiary/aromatic N) is 3. The van der Waals surface area contributed by atoms with Gasteiger partial charge in [0.2, 0.25) is 11.6 Å². The lowest BCUT2D eigenvalue weighted by Gasteiger charge is -2.62. The zero-order valence-corrected chi connectivity index (χ0v) is 32.5. The fourth-order valence-corrected chi connectivity index (χ4v) is 11.5. The molecule has 16 atom stereocenters. The summed E-state index contributed by atoms with van der Waals surface area (Å²) in [5, 5.41) is 3.27. The van der Waals surface area contributed by atoms with Crippen molar-refractivity contribution in [1.82, 2.24) is 0 Å². The molecule has 320 valence electrons. The van der Waals surface area contributed by atoms with Gasteiger partial charge in [0, 0.05) is 54.5 Å². The Kier molecular flexibility index (Phi) is 11.1. The highest BCUT2D eigenvalue weighted by Crippen LogP contribution is 2.66. The van der Waals surface area contributed by atoms with E-state index in [1.807, 2.05) is 0 Å². The zero-order chi connectivity index (χ0) is 40.7. The largest absolute Gasteiger partial charge is 0.443 e. The summed E-state index contributed by atoms with van der Waals surface area (Å²) in [4.78, 5) is 25.5. The first-order valence-electron chi connectivity index (χ1n) is 19.8. The van der Waals surface area contributed by atoms with Crippen LogP contribution >= 0.6 is 0 Å². The Morgan fingerprint density at radius 2 is 1.07 bits per heavy atom. The molecule has 0 unspecified atom stereocenters. The number of fused-ring (bicyclic) bond motifs is 4. The monoisotopic (exact) mass is 816 g/mol. The summed E-state index contributed by atoms with van der Waals surface area (Å²) in [6, 6.07) is 0. The third-order valence-electron chi connectivity index (χ3n) is 14.3. The van der Waals surface area contributed by atoms with Gasteiger partial charge in [-0.1, -0.05) is 32.8 Å². The predicted octanol–water partition coefficient (Wildman–Crippen LogP) is 7.56. The molecule has 14 nitrogen and oxygen atoms in total. The summed E-state index contributed by atoms with van der Waals surface area (Å²) in [6.45, 7) is 9.57. The lowest BCUT2D eigenvalue weighted by Crippen LogP contribution is -2.76. The Morgan fingerprint density at radius 3 is 1.46 bits per heavy atom. The quantitative estimate of drug-likeness (QED) is 0.0673. The summed E-state index contributed by atoms with van der Waals surface area (Å²) in [6.07, 6.45) is -6.87. The molecule has 2 aliphatic carbocycles. The van der Waals surface area contributed by atoms with E-state index in [2.05, 4.69) is 23.9 Å². The number of azide groups is 1. The van der Waals surface area contributed by atoms with Crippen molar-refractivity contribution in [2.45, 2.75) is 152 Å². The standard InChI is InChI=1S/C18H26F3N3O5.C18H28F3NO5/c1-10-4-5-13-11(2)17(18(19,20)21,25-9-8-23-24-22)27-14-16(13)12(10)6-7-15(3,26-14)28-29-16;1-10-4-5-13-11(2)17(18(19,20)21,23-9-8-22)25-14-16(13)12(10)6-7-15(3,24-14)26-27-16/h10-14H,4-9H2,1-3H3;10-14H,4-9,22H2,1-3H3/t2*10-,11-,12+,13+,14+,15-,16-,17-/m11/s1. The number of rotatable bonds is 7. The molecule has 4 bridgehead atoms. The maximum Gasteiger partial charge on any atom is 0.443 e. The topological polar surface area (TPSA) is 167 Å². The van der Waals surface area contributed by atoms with Crippen molar-refractivity contribution in [2.24, 2.45) is 58.2 Å². The van der Waals surface area contributed by atoms with Crippen LogP contribution in [-0.4, -0.2) is 85.6 Å². The van der Waals surface area contributed by atoms with Crippen molar-refractivity contribution in [1.29, 1.82) is 0 Å². The van der Waals surface area contributed by atoms with Crippen LogP contribution < -0.4 is 5.73 Å². The second-order valence-corrected chi connectivity index (χ2v) is 17.4. The van der Waals surface area contributed by atoms with Crippen molar-refractivity contribution < 1.29 is 74.3 Å². The molecule has 8 saturated heterocycles. The molecule has 0 radical (unpaired) electrons. The van der Waals surface area contributed by atoms with Crippen molar-refractivity contribution in [3.8, 4) is 0 Å². The molecule has 2 spiro atoms. The highest BCUT2D eigenvalue weighted by atomic mass is 19.4. The smallest absolute Gasteiger partial charge is 0.342 e. The first-order valence-corrected chi connectivity index (χ1v) is 19.8. The average Bonchev–Trinajstić information content (AvgIpc) is 3.50. The van der Waals surface area contributed by atoms with E-state index >= 15 is 0 Å². The van der Waals surface area contributed by atoms with E-state index in [4.69, 9.17) is 59.2 Å². The second-order valence-electron chi connectivity index (χ2n) is 17.4. The van der Waals surface area contributed by atoms with Gasteiger partial charge in [-0.25, -0.2) is 19.6 Å². The number of ether oxygens (including phenoxy) is 6. The summed E-state index contributed by atoms with van der Waals surface area (Å²) in [5.41, 5.74) is 11.7. The van der Waals surface area contributed by atoms with Gasteiger partial charge in [-0.15, -0.1) is 0 Å². The number of nitrogens with two attached hydrogens (primary N) is 1. The maximum absolute atomic E-state index is 14.4.